The van der Waals surface area contributed by atoms with Gasteiger partial charge in [0.25, 0.3) is 5.91 Å². The van der Waals surface area contributed by atoms with Crippen LogP contribution in [-0.2, 0) is 0 Å². The van der Waals surface area contributed by atoms with Gasteiger partial charge in [-0.25, -0.2) is 0 Å². The quantitative estimate of drug-likeness (QED) is 0.841. The van der Waals surface area contributed by atoms with E-state index >= 15 is 0 Å². The minimum Gasteiger partial charge on any atom is -0.508 e. The number of carbonyl (C=O) groups excluding carboxylic acids is 1. The SMILES string of the molecule is Cc1ccc(C(=O)NC2CC3CCC2C3)cc1O. The summed E-state index contributed by atoms with van der Waals surface area (Å²) in [4.78, 5) is 12.1. The number of fused-ring (bicyclic) bond motifs is 2. The number of amides is 1. The lowest BCUT2D eigenvalue weighted by Crippen LogP contribution is -2.38. The lowest BCUT2D eigenvalue weighted by Gasteiger charge is -2.22. The number of hydrogen-bond donors (Lipinski definition) is 2. The molecule has 3 nitrogen and oxygen atoms in total. The van der Waals surface area contributed by atoms with Crippen LogP contribution >= 0.6 is 0 Å². The minimum atomic E-state index is -0.0529. The van der Waals surface area contributed by atoms with Crippen molar-refractivity contribution in [1.82, 2.24) is 5.32 Å². The summed E-state index contributed by atoms with van der Waals surface area (Å²) in [6, 6.07) is 5.46. The molecule has 96 valence electrons. The van der Waals surface area contributed by atoms with Crippen molar-refractivity contribution in [3.8, 4) is 5.75 Å². The fraction of sp³-hybridized carbons (Fsp3) is 0.533. The van der Waals surface area contributed by atoms with Crippen molar-refractivity contribution >= 4 is 5.91 Å². The fourth-order valence-corrected chi connectivity index (χ4v) is 3.42. The van der Waals surface area contributed by atoms with E-state index < -0.39 is 0 Å². The summed E-state index contributed by atoms with van der Waals surface area (Å²) >= 11 is 0. The Labute approximate surface area is 107 Å². The highest BCUT2D eigenvalue weighted by Gasteiger charge is 2.40. The second-order valence-electron chi connectivity index (χ2n) is 5.76. The molecular formula is C15H19NO2. The van der Waals surface area contributed by atoms with Gasteiger partial charge in [-0.3, -0.25) is 4.79 Å². The molecule has 3 atom stereocenters. The molecular weight excluding hydrogens is 226 g/mol. The summed E-state index contributed by atoms with van der Waals surface area (Å²) in [6.45, 7) is 1.83. The van der Waals surface area contributed by atoms with Crippen molar-refractivity contribution in [2.75, 3.05) is 0 Å². The number of aromatic hydroxyl groups is 1. The number of phenolic OH excluding ortho intramolecular Hbond substituents is 1. The van der Waals surface area contributed by atoms with Gasteiger partial charge < -0.3 is 10.4 Å². The number of rotatable bonds is 2. The van der Waals surface area contributed by atoms with Crippen LogP contribution in [0.3, 0.4) is 0 Å². The van der Waals surface area contributed by atoms with Crippen LogP contribution in [0.1, 0.15) is 41.6 Å². The van der Waals surface area contributed by atoms with Gasteiger partial charge >= 0.3 is 0 Å². The van der Waals surface area contributed by atoms with Crippen molar-refractivity contribution in [2.24, 2.45) is 11.8 Å². The molecule has 0 heterocycles. The van der Waals surface area contributed by atoms with Crippen molar-refractivity contribution in [3.05, 3.63) is 29.3 Å². The number of hydrogen-bond acceptors (Lipinski definition) is 2. The summed E-state index contributed by atoms with van der Waals surface area (Å²) in [7, 11) is 0. The maximum absolute atomic E-state index is 12.1. The standard InChI is InChI=1S/C15H19NO2/c1-9-2-4-12(8-14(9)17)15(18)16-13-7-10-3-5-11(13)6-10/h2,4,8,10-11,13,17H,3,5-7H2,1H3,(H,16,18). The van der Waals surface area contributed by atoms with Gasteiger partial charge in [0.1, 0.15) is 5.75 Å². The average molecular weight is 245 g/mol. The number of nitrogens with one attached hydrogen (secondary N) is 1. The predicted molar refractivity (Wildman–Crippen MR) is 69.5 cm³/mol. The Morgan fingerprint density at radius 2 is 2.17 bits per heavy atom. The Kier molecular flexibility index (Phi) is 2.77. The maximum Gasteiger partial charge on any atom is 0.251 e. The predicted octanol–water partition coefficient (Wildman–Crippen LogP) is 2.62. The molecule has 18 heavy (non-hydrogen) atoms. The third-order valence-corrected chi connectivity index (χ3v) is 4.53. The van der Waals surface area contributed by atoms with E-state index in [1.807, 2.05) is 6.92 Å². The van der Waals surface area contributed by atoms with E-state index in [-0.39, 0.29) is 11.7 Å². The Hall–Kier alpha value is -1.51. The molecule has 2 aliphatic rings. The Balaban J connectivity index is 1.69. The molecule has 0 radical (unpaired) electrons. The molecule has 1 aromatic rings. The summed E-state index contributed by atoms with van der Waals surface area (Å²) < 4.78 is 0. The summed E-state index contributed by atoms with van der Waals surface area (Å²) in [5, 5.41) is 12.8. The summed E-state index contributed by atoms with van der Waals surface area (Å²) in [6.07, 6.45) is 5.01. The van der Waals surface area contributed by atoms with Gasteiger partial charge in [0.05, 0.1) is 0 Å². The van der Waals surface area contributed by atoms with Crippen LogP contribution in [0.15, 0.2) is 18.2 Å². The van der Waals surface area contributed by atoms with Gasteiger partial charge in [0, 0.05) is 11.6 Å². The minimum absolute atomic E-state index is 0.0529. The van der Waals surface area contributed by atoms with Crippen LogP contribution in [0.2, 0.25) is 0 Å². The number of aryl methyl sites for hydroxylation is 1. The zero-order chi connectivity index (χ0) is 12.7. The first-order chi connectivity index (χ1) is 8.63. The Morgan fingerprint density at radius 3 is 2.78 bits per heavy atom. The average Bonchev–Trinajstić information content (AvgIpc) is 2.94. The van der Waals surface area contributed by atoms with Gasteiger partial charge in [-0.2, -0.15) is 0 Å². The molecule has 2 saturated carbocycles. The van der Waals surface area contributed by atoms with E-state index in [0.717, 1.165) is 17.9 Å². The highest BCUT2D eigenvalue weighted by Crippen LogP contribution is 2.44. The smallest absolute Gasteiger partial charge is 0.251 e. The topological polar surface area (TPSA) is 49.3 Å². The summed E-state index contributed by atoms with van der Waals surface area (Å²) in [5.74, 6) is 1.64. The number of phenols is 1. The van der Waals surface area contributed by atoms with E-state index in [9.17, 15) is 9.90 Å². The van der Waals surface area contributed by atoms with Crippen molar-refractivity contribution in [1.29, 1.82) is 0 Å². The van der Waals surface area contributed by atoms with Gasteiger partial charge in [-0.15, -0.1) is 0 Å². The molecule has 3 unspecified atom stereocenters. The maximum atomic E-state index is 12.1. The van der Waals surface area contributed by atoms with E-state index in [1.54, 1.807) is 18.2 Å². The van der Waals surface area contributed by atoms with Crippen molar-refractivity contribution < 1.29 is 9.90 Å². The summed E-state index contributed by atoms with van der Waals surface area (Å²) in [5.41, 5.74) is 1.35. The first-order valence-corrected chi connectivity index (χ1v) is 6.74. The third-order valence-electron chi connectivity index (χ3n) is 4.53. The molecule has 2 N–H and O–H groups in total. The zero-order valence-corrected chi connectivity index (χ0v) is 10.6. The molecule has 1 aromatic carbocycles. The van der Waals surface area contributed by atoms with E-state index in [4.69, 9.17) is 0 Å². The van der Waals surface area contributed by atoms with E-state index in [1.165, 1.54) is 19.3 Å². The van der Waals surface area contributed by atoms with Crippen LogP contribution < -0.4 is 5.32 Å². The van der Waals surface area contributed by atoms with Crippen LogP contribution in [0, 0.1) is 18.8 Å². The first-order valence-electron chi connectivity index (χ1n) is 6.74. The number of carbonyl (C=O) groups is 1. The lowest BCUT2D eigenvalue weighted by atomic mass is 9.95. The van der Waals surface area contributed by atoms with Crippen LogP contribution in [0.4, 0.5) is 0 Å². The molecule has 2 bridgehead atoms. The van der Waals surface area contributed by atoms with Crippen LogP contribution in [0.25, 0.3) is 0 Å². The second-order valence-corrected chi connectivity index (χ2v) is 5.76. The van der Waals surface area contributed by atoms with E-state index in [2.05, 4.69) is 5.32 Å². The van der Waals surface area contributed by atoms with Crippen molar-refractivity contribution in [2.45, 2.75) is 38.6 Å². The first kappa shape index (κ1) is 11.6. The molecule has 0 spiro atoms. The van der Waals surface area contributed by atoms with Crippen LogP contribution in [0.5, 0.6) is 5.75 Å². The number of benzene rings is 1. The van der Waals surface area contributed by atoms with E-state index in [0.29, 0.717) is 17.5 Å². The molecule has 0 saturated heterocycles. The van der Waals surface area contributed by atoms with Crippen LogP contribution in [-0.4, -0.2) is 17.1 Å². The highest BCUT2D eigenvalue weighted by molar-refractivity contribution is 5.94. The Morgan fingerprint density at radius 1 is 1.33 bits per heavy atom. The van der Waals surface area contributed by atoms with Crippen molar-refractivity contribution in [3.63, 3.8) is 0 Å². The molecule has 0 aromatic heterocycles. The monoisotopic (exact) mass is 245 g/mol. The second kappa shape index (κ2) is 4.30. The van der Waals surface area contributed by atoms with Gasteiger partial charge in [0.2, 0.25) is 0 Å². The highest BCUT2D eigenvalue weighted by atomic mass is 16.3. The molecule has 2 fully saturated rings. The molecule has 0 aliphatic heterocycles. The molecule has 1 amide bonds. The molecule has 2 aliphatic carbocycles. The van der Waals surface area contributed by atoms with Gasteiger partial charge in [-0.05, 0) is 55.7 Å². The largest absolute Gasteiger partial charge is 0.508 e. The molecule has 3 rings (SSSR count). The zero-order valence-electron chi connectivity index (χ0n) is 10.6. The fourth-order valence-electron chi connectivity index (χ4n) is 3.42. The lowest BCUT2D eigenvalue weighted by molar-refractivity contribution is 0.0922. The van der Waals surface area contributed by atoms with Gasteiger partial charge in [-0.1, -0.05) is 12.5 Å². The van der Waals surface area contributed by atoms with Gasteiger partial charge in [0.15, 0.2) is 0 Å². The normalized spacial score (nSPS) is 29.5. The molecule has 3 heteroatoms. The Bertz CT molecular complexity index is 483. The third kappa shape index (κ3) is 1.98.